The Labute approximate surface area is 124 Å². The predicted molar refractivity (Wildman–Crippen MR) is 81.2 cm³/mol. The van der Waals surface area contributed by atoms with Crippen molar-refractivity contribution in [2.24, 2.45) is 0 Å². The number of aryl methyl sites for hydroxylation is 1. The molecule has 1 N–H and O–H groups in total. The highest BCUT2D eigenvalue weighted by atomic mass is 35.5. The molecule has 20 heavy (non-hydrogen) atoms. The van der Waals surface area contributed by atoms with Crippen molar-refractivity contribution in [1.29, 1.82) is 0 Å². The Kier molecular flexibility index (Phi) is 5.89. The van der Waals surface area contributed by atoms with Gasteiger partial charge in [0.25, 0.3) is 0 Å². The fourth-order valence-corrected chi connectivity index (χ4v) is 2.31. The van der Waals surface area contributed by atoms with E-state index in [-0.39, 0.29) is 0 Å². The lowest BCUT2D eigenvalue weighted by Crippen LogP contribution is -2.16. The molecule has 0 aliphatic heterocycles. The minimum Gasteiger partial charge on any atom is -0.496 e. The molecule has 1 aromatic carbocycles. The largest absolute Gasteiger partial charge is 0.496 e. The fourth-order valence-electron chi connectivity index (χ4n) is 2.08. The van der Waals surface area contributed by atoms with Crippen molar-refractivity contribution < 1.29 is 4.74 Å². The maximum atomic E-state index is 6.19. The lowest BCUT2D eigenvalue weighted by molar-refractivity contribution is 0.407. The van der Waals surface area contributed by atoms with Gasteiger partial charge in [0.1, 0.15) is 5.75 Å². The first kappa shape index (κ1) is 14.9. The van der Waals surface area contributed by atoms with Crippen molar-refractivity contribution in [2.75, 3.05) is 13.7 Å². The molecule has 4 nitrogen and oxygen atoms in total. The fraction of sp³-hybridized carbons (Fsp3) is 0.400. The molecule has 0 radical (unpaired) electrons. The van der Waals surface area contributed by atoms with Gasteiger partial charge in [0.2, 0.25) is 0 Å². The Morgan fingerprint density at radius 2 is 2.25 bits per heavy atom. The number of nitrogens with one attached hydrogen (secondary N) is 1. The summed E-state index contributed by atoms with van der Waals surface area (Å²) in [5.41, 5.74) is 1.02. The van der Waals surface area contributed by atoms with Crippen molar-refractivity contribution in [1.82, 2.24) is 14.9 Å². The van der Waals surface area contributed by atoms with Crippen LogP contribution in [-0.2, 0) is 13.1 Å². The van der Waals surface area contributed by atoms with Gasteiger partial charge in [-0.3, -0.25) is 0 Å². The third-order valence-corrected chi connectivity index (χ3v) is 3.53. The van der Waals surface area contributed by atoms with Crippen molar-refractivity contribution >= 4 is 11.6 Å². The normalized spacial score (nSPS) is 10.7. The molecule has 0 aliphatic rings. The van der Waals surface area contributed by atoms with Crippen LogP contribution in [0.5, 0.6) is 5.75 Å². The van der Waals surface area contributed by atoms with E-state index in [1.165, 1.54) is 0 Å². The third-order valence-electron chi connectivity index (χ3n) is 3.18. The minimum atomic E-state index is 0.730. The van der Waals surface area contributed by atoms with E-state index in [2.05, 4.69) is 14.9 Å². The molecule has 0 amide bonds. The average molecular weight is 294 g/mol. The summed E-state index contributed by atoms with van der Waals surface area (Å²) in [5.74, 6) is 0.836. The molecule has 2 rings (SSSR count). The molecule has 0 spiro atoms. The van der Waals surface area contributed by atoms with Crippen LogP contribution in [0.15, 0.2) is 36.9 Å². The second-order valence-corrected chi connectivity index (χ2v) is 5.01. The number of methoxy groups -OCH3 is 1. The highest BCUT2D eigenvalue weighted by Crippen LogP contribution is 2.25. The van der Waals surface area contributed by atoms with E-state index in [4.69, 9.17) is 16.3 Å². The van der Waals surface area contributed by atoms with Gasteiger partial charge in [0.05, 0.1) is 13.4 Å². The molecule has 0 fully saturated rings. The highest BCUT2D eigenvalue weighted by Gasteiger charge is 2.06. The molecule has 0 atom stereocenters. The zero-order valence-corrected chi connectivity index (χ0v) is 12.4. The molecule has 1 heterocycles. The summed E-state index contributed by atoms with van der Waals surface area (Å²) in [6.07, 6.45) is 7.89. The van der Waals surface area contributed by atoms with Crippen molar-refractivity contribution in [3.8, 4) is 5.75 Å². The first-order valence-electron chi connectivity index (χ1n) is 6.79. The van der Waals surface area contributed by atoms with E-state index in [1.807, 2.05) is 36.9 Å². The zero-order chi connectivity index (χ0) is 14.2. The second-order valence-electron chi connectivity index (χ2n) is 4.61. The van der Waals surface area contributed by atoms with Crippen LogP contribution in [-0.4, -0.2) is 23.2 Å². The van der Waals surface area contributed by atoms with Crippen molar-refractivity contribution in [3.05, 3.63) is 47.5 Å². The summed E-state index contributed by atoms with van der Waals surface area (Å²) < 4.78 is 7.41. The Hall–Kier alpha value is -1.52. The summed E-state index contributed by atoms with van der Waals surface area (Å²) in [6, 6.07) is 5.72. The minimum absolute atomic E-state index is 0.730. The molecule has 0 unspecified atom stereocenters. The van der Waals surface area contributed by atoms with E-state index in [0.29, 0.717) is 0 Å². The number of hydrogen-bond donors (Lipinski definition) is 1. The summed E-state index contributed by atoms with van der Waals surface area (Å²) in [6.45, 7) is 2.70. The molecular weight excluding hydrogens is 274 g/mol. The number of unbranched alkanes of at least 4 members (excludes halogenated alkanes) is 1. The van der Waals surface area contributed by atoms with Crippen LogP contribution in [0.3, 0.4) is 0 Å². The molecule has 5 heteroatoms. The number of rotatable bonds is 8. The van der Waals surface area contributed by atoms with Gasteiger partial charge in [-0.05, 0) is 31.5 Å². The van der Waals surface area contributed by atoms with Gasteiger partial charge < -0.3 is 14.6 Å². The molecule has 1 aromatic heterocycles. The van der Waals surface area contributed by atoms with E-state index < -0.39 is 0 Å². The van der Waals surface area contributed by atoms with Gasteiger partial charge in [-0.25, -0.2) is 4.98 Å². The monoisotopic (exact) mass is 293 g/mol. The molecule has 108 valence electrons. The quantitative estimate of drug-likeness (QED) is 0.760. The van der Waals surface area contributed by atoms with Gasteiger partial charge in [-0.2, -0.15) is 0 Å². The average Bonchev–Trinajstić information content (AvgIpc) is 2.97. The summed E-state index contributed by atoms with van der Waals surface area (Å²) in [5, 5.41) is 4.15. The molecule has 0 saturated carbocycles. The number of hydrogen-bond acceptors (Lipinski definition) is 3. The Morgan fingerprint density at radius 1 is 1.35 bits per heavy atom. The van der Waals surface area contributed by atoms with Crippen LogP contribution >= 0.6 is 11.6 Å². The number of ether oxygens (including phenoxy) is 1. The molecule has 0 bridgehead atoms. The molecule has 0 aliphatic carbocycles. The van der Waals surface area contributed by atoms with Gasteiger partial charge >= 0.3 is 0 Å². The standard InChI is InChI=1S/C15H20ClN3O/c1-20-15-6-4-5-14(16)13(15)11-17-7-2-3-9-19-10-8-18-12-19/h4-6,8,10,12,17H,2-3,7,9,11H2,1H3. The van der Waals surface area contributed by atoms with Gasteiger partial charge in [0, 0.05) is 36.1 Å². The predicted octanol–water partition coefficient (Wildman–Crippen LogP) is 3.12. The number of aromatic nitrogens is 2. The van der Waals surface area contributed by atoms with Crippen LogP contribution in [0.2, 0.25) is 5.02 Å². The highest BCUT2D eigenvalue weighted by molar-refractivity contribution is 6.31. The number of nitrogens with zero attached hydrogens (tertiary/aromatic N) is 2. The zero-order valence-electron chi connectivity index (χ0n) is 11.7. The molecule has 0 saturated heterocycles. The van der Waals surface area contributed by atoms with Crippen LogP contribution in [0.1, 0.15) is 18.4 Å². The van der Waals surface area contributed by atoms with Gasteiger partial charge in [0.15, 0.2) is 0 Å². The Morgan fingerprint density at radius 3 is 3.00 bits per heavy atom. The maximum absolute atomic E-state index is 6.19. The van der Waals surface area contributed by atoms with Crippen molar-refractivity contribution in [2.45, 2.75) is 25.9 Å². The van der Waals surface area contributed by atoms with Crippen LogP contribution in [0.4, 0.5) is 0 Å². The number of benzene rings is 1. The first-order chi connectivity index (χ1) is 9.81. The van der Waals surface area contributed by atoms with E-state index in [9.17, 15) is 0 Å². The van der Waals surface area contributed by atoms with Crippen LogP contribution in [0, 0.1) is 0 Å². The SMILES string of the molecule is COc1cccc(Cl)c1CNCCCCn1ccnc1. The van der Waals surface area contributed by atoms with E-state index in [0.717, 1.165) is 48.8 Å². The van der Waals surface area contributed by atoms with Crippen LogP contribution < -0.4 is 10.1 Å². The van der Waals surface area contributed by atoms with Gasteiger partial charge in [-0.1, -0.05) is 17.7 Å². The maximum Gasteiger partial charge on any atom is 0.124 e. The van der Waals surface area contributed by atoms with Crippen LogP contribution in [0.25, 0.3) is 0 Å². The summed E-state index contributed by atoms with van der Waals surface area (Å²) in [7, 11) is 1.67. The molecular formula is C15H20ClN3O. The summed E-state index contributed by atoms with van der Waals surface area (Å²) in [4.78, 5) is 4.02. The van der Waals surface area contributed by atoms with Gasteiger partial charge in [-0.15, -0.1) is 0 Å². The third kappa shape index (κ3) is 4.25. The Balaban J connectivity index is 1.68. The van der Waals surface area contributed by atoms with E-state index in [1.54, 1.807) is 7.11 Å². The number of imidazole rings is 1. The molecule has 2 aromatic rings. The topological polar surface area (TPSA) is 39.1 Å². The Bertz CT molecular complexity index is 514. The summed E-state index contributed by atoms with van der Waals surface area (Å²) >= 11 is 6.19. The second kappa shape index (κ2) is 7.92. The lowest BCUT2D eigenvalue weighted by Gasteiger charge is -2.11. The lowest BCUT2D eigenvalue weighted by atomic mass is 10.2. The number of halogens is 1. The smallest absolute Gasteiger partial charge is 0.124 e. The van der Waals surface area contributed by atoms with Crippen molar-refractivity contribution in [3.63, 3.8) is 0 Å². The van der Waals surface area contributed by atoms with E-state index >= 15 is 0 Å². The first-order valence-corrected chi connectivity index (χ1v) is 7.17.